The SMILES string of the molecule is CCCN(C)C(=O)c1ccc(C#CCO)cc1F. The highest BCUT2D eigenvalue weighted by molar-refractivity contribution is 5.94. The summed E-state index contributed by atoms with van der Waals surface area (Å²) in [4.78, 5) is 13.4. The van der Waals surface area contributed by atoms with Gasteiger partial charge in [-0.1, -0.05) is 18.8 Å². The monoisotopic (exact) mass is 249 g/mol. The third-order valence-electron chi connectivity index (χ3n) is 2.42. The van der Waals surface area contributed by atoms with Gasteiger partial charge in [-0.05, 0) is 24.6 Å². The van der Waals surface area contributed by atoms with Crippen LogP contribution in [0.5, 0.6) is 0 Å². The van der Waals surface area contributed by atoms with Crippen LogP contribution in [-0.4, -0.2) is 36.1 Å². The Morgan fingerprint density at radius 1 is 1.50 bits per heavy atom. The second-order valence-corrected chi connectivity index (χ2v) is 3.88. The molecule has 0 aromatic heterocycles. The van der Waals surface area contributed by atoms with E-state index in [1.807, 2.05) is 6.92 Å². The first-order valence-corrected chi connectivity index (χ1v) is 5.75. The van der Waals surface area contributed by atoms with Gasteiger partial charge in [-0.25, -0.2) is 4.39 Å². The maximum atomic E-state index is 13.8. The molecule has 1 N–H and O–H groups in total. The number of amides is 1. The highest BCUT2D eigenvalue weighted by atomic mass is 19.1. The highest BCUT2D eigenvalue weighted by Crippen LogP contribution is 2.12. The molecule has 4 heteroatoms. The number of rotatable bonds is 3. The predicted molar refractivity (Wildman–Crippen MR) is 67.6 cm³/mol. The van der Waals surface area contributed by atoms with Crippen LogP contribution in [0.2, 0.25) is 0 Å². The van der Waals surface area contributed by atoms with Crippen molar-refractivity contribution in [2.75, 3.05) is 20.2 Å². The maximum absolute atomic E-state index is 13.8. The Bertz CT molecular complexity index is 488. The highest BCUT2D eigenvalue weighted by Gasteiger charge is 2.15. The van der Waals surface area contributed by atoms with E-state index in [1.54, 1.807) is 13.1 Å². The largest absolute Gasteiger partial charge is 0.384 e. The van der Waals surface area contributed by atoms with Gasteiger partial charge in [-0.3, -0.25) is 4.79 Å². The van der Waals surface area contributed by atoms with Crippen molar-refractivity contribution >= 4 is 5.91 Å². The van der Waals surface area contributed by atoms with Gasteiger partial charge in [0.15, 0.2) is 0 Å². The summed E-state index contributed by atoms with van der Waals surface area (Å²) in [5.74, 6) is 4.09. The smallest absolute Gasteiger partial charge is 0.256 e. The van der Waals surface area contributed by atoms with Crippen LogP contribution in [0.4, 0.5) is 4.39 Å². The van der Waals surface area contributed by atoms with Crippen molar-refractivity contribution in [1.82, 2.24) is 4.90 Å². The number of aliphatic hydroxyl groups excluding tert-OH is 1. The minimum absolute atomic E-state index is 0.0421. The first kappa shape index (κ1) is 14.2. The van der Waals surface area contributed by atoms with Crippen LogP contribution in [0.15, 0.2) is 18.2 Å². The summed E-state index contributed by atoms with van der Waals surface area (Å²) in [6, 6.07) is 4.19. The number of hydrogen-bond acceptors (Lipinski definition) is 2. The van der Waals surface area contributed by atoms with Gasteiger partial charge >= 0.3 is 0 Å². The number of benzene rings is 1. The van der Waals surface area contributed by atoms with E-state index in [9.17, 15) is 9.18 Å². The van der Waals surface area contributed by atoms with Crippen molar-refractivity contribution in [1.29, 1.82) is 0 Å². The van der Waals surface area contributed by atoms with Gasteiger partial charge < -0.3 is 10.0 Å². The molecule has 1 aromatic rings. The molecule has 96 valence electrons. The van der Waals surface area contributed by atoms with E-state index >= 15 is 0 Å². The van der Waals surface area contributed by atoms with Crippen LogP contribution in [0, 0.1) is 17.7 Å². The van der Waals surface area contributed by atoms with Gasteiger partial charge in [0.2, 0.25) is 0 Å². The fourth-order valence-corrected chi connectivity index (χ4v) is 1.55. The van der Waals surface area contributed by atoms with Crippen LogP contribution in [0.1, 0.15) is 29.3 Å². The maximum Gasteiger partial charge on any atom is 0.256 e. The average molecular weight is 249 g/mol. The quantitative estimate of drug-likeness (QED) is 0.827. The summed E-state index contributed by atoms with van der Waals surface area (Å²) in [6.45, 7) is 2.26. The predicted octanol–water partition coefficient (Wildman–Crippen LogP) is 1.65. The third-order valence-corrected chi connectivity index (χ3v) is 2.42. The van der Waals surface area contributed by atoms with E-state index in [0.29, 0.717) is 12.1 Å². The van der Waals surface area contributed by atoms with Gasteiger partial charge in [0.05, 0.1) is 5.56 Å². The molecule has 0 spiro atoms. The molecule has 18 heavy (non-hydrogen) atoms. The number of hydrogen-bond donors (Lipinski definition) is 1. The molecular formula is C14H16FNO2. The summed E-state index contributed by atoms with van der Waals surface area (Å²) in [7, 11) is 1.64. The zero-order valence-corrected chi connectivity index (χ0v) is 10.5. The Hall–Kier alpha value is -1.86. The van der Waals surface area contributed by atoms with Gasteiger partial charge in [-0.2, -0.15) is 0 Å². The lowest BCUT2D eigenvalue weighted by atomic mass is 10.1. The second-order valence-electron chi connectivity index (χ2n) is 3.88. The molecule has 0 atom stereocenters. The van der Waals surface area contributed by atoms with Crippen LogP contribution >= 0.6 is 0 Å². The van der Waals surface area contributed by atoms with Crippen molar-refractivity contribution in [3.63, 3.8) is 0 Å². The molecule has 1 aromatic carbocycles. The standard InChI is InChI=1S/C14H16FNO2/c1-3-8-16(2)14(18)12-7-6-11(5-4-9-17)10-13(12)15/h6-7,10,17H,3,8-9H2,1-2H3. The number of carbonyl (C=O) groups is 1. The zero-order valence-electron chi connectivity index (χ0n) is 10.5. The Morgan fingerprint density at radius 3 is 2.78 bits per heavy atom. The van der Waals surface area contributed by atoms with Gasteiger partial charge in [-0.15, -0.1) is 0 Å². The fourth-order valence-electron chi connectivity index (χ4n) is 1.55. The van der Waals surface area contributed by atoms with Crippen molar-refractivity contribution in [3.8, 4) is 11.8 Å². The first-order chi connectivity index (χ1) is 8.60. The minimum Gasteiger partial charge on any atom is -0.384 e. The lowest BCUT2D eigenvalue weighted by molar-refractivity contribution is 0.0790. The molecule has 0 saturated heterocycles. The van der Waals surface area contributed by atoms with Gasteiger partial charge in [0, 0.05) is 19.2 Å². The van der Waals surface area contributed by atoms with E-state index in [-0.39, 0.29) is 18.1 Å². The molecule has 0 bridgehead atoms. The number of carbonyl (C=O) groups excluding carboxylic acids is 1. The number of halogens is 1. The summed E-state index contributed by atoms with van der Waals surface area (Å²) in [5.41, 5.74) is 0.483. The van der Waals surface area contributed by atoms with E-state index in [2.05, 4.69) is 11.8 Å². The minimum atomic E-state index is -0.590. The molecule has 3 nitrogen and oxygen atoms in total. The van der Waals surface area contributed by atoms with Gasteiger partial charge in [0.25, 0.3) is 5.91 Å². The molecule has 0 fully saturated rings. The Morgan fingerprint density at radius 2 is 2.22 bits per heavy atom. The Balaban J connectivity index is 2.95. The summed E-state index contributed by atoms with van der Waals surface area (Å²) in [5, 5.41) is 8.54. The van der Waals surface area contributed by atoms with Crippen molar-refractivity contribution in [3.05, 3.63) is 35.1 Å². The zero-order chi connectivity index (χ0) is 13.5. The summed E-state index contributed by atoms with van der Waals surface area (Å²) < 4.78 is 13.8. The molecule has 0 unspecified atom stereocenters. The summed E-state index contributed by atoms with van der Waals surface area (Å²) in [6.07, 6.45) is 0.823. The molecule has 0 aliphatic carbocycles. The Labute approximate surface area is 106 Å². The molecule has 0 saturated carbocycles. The normalized spacial score (nSPS) is 9.56. The van der Waals surface area contributed by atoms with E-state index in [0.717, 1.165) is 6.42 Å². The fraction of sp³-hybridized carbons (Fsp3) is 0.357. The third kappa shape index (κ3) is 3.57. The molecule has 1 rings (SSSR count). The van der Waals surface area contributed by atoms with E-state index < -0.39 is 5.82 Å². The molecule has 1 amide bonds. The molecule has 0 aliphatic heterocycles. The lowest BCUT2D eigenvalue weighted by Crippen LogP contribution is -2.28. The average Bonchev–Trinajstić information content (AvgIpc) is 2.36. The van der Waals surface area contributed by atoms with E-state index in [1.165, 1.54) is 17.0 Å². The Kier molecular flexibility index (Phi) is 5.34. The van der Waals surface area contributed by atoms with Crippen LogP contribution < -0.4 is 0 Å². The number of aliphatic hydroxyl groups is 1. The topological polar surface area (TPSA) is 40.5 Å². The first-order valence-electron chi connectivity index (χ1n) is 5.75. The van der Waals surface area contributed by atoms with Crippen LogP contribution in [0.25, 0.3) is 0 Å². The molecular weight excluding hydrogens is 233 g/mol. The van der Waals surface area contributed by atoms with Crippen molar-refractivity contribution in [2.45, 2.75) is 13.3 Å². The lowest BCUT2D eigenvalue weighted by Gasteiger charge is -2.16. The van der Waals surface area contributed by atoms with E-state index in [4.69, 9.17) is 5.11 Å². The van der Waals surface area contributed by atoms with Gasteiger partial charge in [0.1, 0.15) is 12.4 Å². The van der Waals surface area contributed by atoms with Crippen LogP contribution in [0.3, 0.4) is 0 Å². The molecule has 0 radical (unpaired) electrons. The second kappa shape index (κ2) is 6.77. The molecule has 0 aliphatic rings. The van der Waals surface area contributed by atoms with Crippen LogP contribution in [-0.2, 0) is 0 Å². The van der Waals surface area contributed by atoms with Crippen molar-refractivity contribution < 1.29 is 14.3 Å². The summed E-state index contributed by atoms with van der Waals surface area (Å²) >= 11 is 0. The number of nitrogens with zero attached hydrogens (tertiary/aromatic N) is 1. The molecule has 0 heterocycles. The van der Waals surface area contributed by atoms with Crippen molar-refractivity contribution in [2.24, 2.45) is 0 Å².